The molecule has 7 heteroatoms. The van der Waals surface area contributed by atoms with Crippen LogP contribution in [0.15, 0.2) is 64.6 Å². The van der Waals surface area contributed by atoms with Gasteiger partial charge in [0.1, 0.15) is 23.8 Å². The lowest BCUT2D eigenvalue weighted by atomic mass is 9.84. The summed E-state index contributed by atoms with van der Waals surface area (Å²) >= 11 is 0. The first-order chi connectivity index (χ1) is 15.0. The topological polar surface area (TPSA) is 76.5 Å². The highest BCUT2D eigenvalue weighted by Gasteiger charge is 2.27. The first kappa shape index (κ1) is 23.2. The largest absolute Gasteiger partial charge is 0.387 e. The normalized spacial score (nSPS) is 13.0. The van der Waals surface area contributed by atoms with Gasteiger partial charge in [0.2, 0.25) is 0 Å². The van der Waals surface area contributed by atoms with Gasteiger partial charge in [-0.2, -0.15) is 0 Å². The van der Waals surface area contributed by atoms with Gasteiger partial charge in [-0.05, 0) is 50.2 Å². The molecular formula is C25H27F2N5. The van der Waals surface area contributed by atoms with E-state index in [-0.39, 0.29) is 11.0 Å². The highest BCUT2D eigenvalue weighted by Crippen LogP contribution is 2.32. The van der Waals surface area contributed by atoms with Crippen LogP contribution >= 0.6 is 0 Å². The van der Waals surface area contributed by atoms with E-state index >= 15 is 0 Å². The summed E-state index contributed by atoms with van der Waals surface area (Å²) in [6.07, 6.45) is 1.40. The van der Waals surface area contributed by atoms with E-state index in [1.807, 2.05) is 52.8 Å². The summed E-state index contributed by atoms with van der Waals surface area (Å²) in [7, 11) is 0. The Bertz CT molecular complexity index is 1180. The first-order valence-corrected chi connectivity index (χ1v) is 10.3. The van der Waals surface area contributed by atoms with Crippen molar-refractivity contribution in [1.82, 2.24) is 9.97 Å². The zero-order valence-electron chi connectivity index (χ0n) is 18.9. The molecule has 32 heavy (non-hydrogen) atoms. The quantitative estimate of drug-likeness (QED) is 0.406. The molecule has 2 N–H and O–H groups in total. The summed E-state index contributed by atoms with van der Waals surface area (Å²) < 4.78 is 27.5. The van der Waals surface area contributed by atoms with Crippen LogP contribution in [0, 0.1) is 17.0 Å². The predicted molar refractivity (Wildman–Crippen MR) is 125 cm³/mol. The van der Waals surface area contributed by atoms with E-state index in [0.717, 1.165) is 11.8 Å². The number of pyridine rings is 2. The predicted octanol–water partition coefficient (Wildman–Crippen LogP) is 5.81. The molecule has 0 spiro atoms. The Kier molecular flexibility index (Phi) is 6.48. The van der Waals surface area contributed by atoms with E-state index in [1.165, 1.54) is 18.5 Å². The lowest BCUT2D eigenvalue weighted by Gasteiger charge is -2.24. The fourth-order valence-electron chi connectivity index (χ4n) is 2.95. The third-order valence-corrected chi connectivity index (χ3v) is 5.13. The number of rotatable bonds is 5. The molecule has 0 fully saturated rings. The van der Waals surface area contributed by atoms with Crippen molar-refractivity contribution < 1.29 is 8.78 Å². The molecule has 0 aliphatic heterocycles. The van der Waals surface area contributed by atoms with Gasteiger partial charge in [-0.3, -0.25) is 4.98 Å². The minimum absolute atomic E-state index is 0.240. The number of nitrogens with zero attached hydrogens (tertiary/aromatic N) is 4. The number of amidine groups is 1. The smallest absolute Gasteiger partial charge is 0.153 e. The van der Waals surface area contributed by atoms with Crippen LogP contribution in [-0.2, 0) is 5.41 Å². The van der Waals surface area contributed by atoms with Crippen LogP contribution in [0.25, 0.3) is 11.3 Å². The van der Waals surface area contributed by atoms with Crippen LogP contribution in [0.5, 0.6) is 0 Å². The molecule has 3 rings (SSSR count). The molecule has 2 heterocycles. The number of nitrogens with two attached hydrogens (primary N) is 1. The molecule has 0 radical (unpaired) electrons. The van der Waals surface area contributed by atoms with Crippen molar-refractivity contribution in [3.05, 3.63) is 77.6 Å². The zero-order valence-corrected chi connectivity index (χ0v) is 18.9. The van der Waals surface area contributed by atoms with Crippen molar-refractivity contribution in [1.29, 1.82) is 0 Å². The zero-order chi connectivity index (χ0) is 23.5. The average molecular weight is 436 g/mol. The summed E-state index contributed by atoms with van der Waals surface area (Å²) in [6.45, 7) is 9.87. The lowest BCUT2D eigenvalue weighted by Crippen LogP contribution is -2.28. The van der Waals surface area contributed by atoms with Crippen molar-refractivity contribution in [2.75, 3.05) is 0 Å². The number of aliphatic imine (C=N–C) groups is 2. The number of benzene rings is 1. The second kappa shape index (κ2) is 8.94. The molecule has 0 aliphatic rings. The fourth-order valence-corrected chi connectivity index (χ4v) is 2.95. The van der Waals surface area contributed by atoms with Gasteiger partial charge in [-0.15, -0.1) is 0 Å². The van der Waals surface area contributed by atoms with E-state index in [2.05, 4.69) is 20.0 Å². The summed E-state index contributed by atoms with van der Waals surface area (Å²) in [4.78, 5) is 17.8. The number of hydrogen-bond donors (Lipinski definition) is 1. The summed E-state index contributed by atoms with van der Waals surface area (Å²) in [5.74, 6) is -0.316. The van der Waals surface area contributed by atoms with Crippen molar-refractivity contribution in [2.24, 2.45) is 21.1 Å². The van der Waals surface area contributed by atoms with Gasteiger partial charge in [-0.25, -0.2) is 23.7 Å². The summed E-state index contributed by atoms with van der Waals surface area (Å²) in [6, 6.07) is 14.3. The Balaban J connectivity index is 1.93. The monoisotopic (exact) mass is 435 g/mol. The Morgan fingerprint density at radius 2 is 1.56 bits per heavy atom. The number of hydrogen-bond acceptors (Lipinski definition) is 3. The summed E-state index contributed by atoms with van der Waals surface area (Å²) in [5, 5.41) is 0. The first-order valence-electron chi connectivity index (χ1n) is 10.3. The van der Waals surface area contributed by atoms with E-state index < -0.39 is 17.0 Å². The number of halogens is 2. The molecule has 0 saturated carbocycles. The molecule has 2 aromatic heterocycles. The molecule has 1 aromatic carbocycles. The van der Waals surface area contributed by atoms with Crippen LogP contribution in [0.3, 0.4) is 0 Å². The maximum atomic E-state index is 14.3. The molecule has 0 unspecified atom stereocenters. The van der Waals surface area contributed by atoms with Crippen LogP contribution in [0.2, 0.25) is 0 Å². The average Bonchev–Trinajstić information content (AvgIpc) is 2.73. The van der Waals surface area contributed by atoms with Gasteiger partial charge < -0.3 is 5.73 Å². The Labute approximate surface area is 187 Å². The highest BCUT2D eigenvalue weighted by molar-refractivity contribution is 5.91. The molecular weight excluding hydrogens is 408 g/mol. The molecule has 0 aliphatic carbocycles. The van der Waals surface area contributed by atoms with Crippen LogP contribution in [0.1, 0.15) is 46.0 Å². The van der Waals surface area contributed by atoms with Gasteiger partial charge in [-0.1, -0.05) is 32.9 Å². The van der Waals surface area contributed by atoms with E-state index in [4.69, 9.17) is 5.73 Å². The maximum Gasteiger partial charge on any atom is 0.153 e. The third kappa shape index (κ3) is 5.22. The van der Waals surface area contributed by atoms with E-state index in [1.54, 1.807) is 18.2 Å². The van der Waals surface area contributed by atoms with Crippen LogP contribution in [0.4, 0.5) is 14.6 Å². The Morgan fingerprint density at radius 1 is 0.906 bits per heavy atom. The van der Waals surface area contributed by atoms with E-state index in [0.29, 0.717) is 23.0 Å². The second-order valence-corrected chi connectivity index (χ2v) is 9.05. The molecule has 0 atom stereocenters. The molecule has 0 bridgehead atoms. The standard InChI is InChI=1S/C25H27F2N5/c1-24(2,3)23(28)30-15-29-22-11-7-10-21(32-22)25(4,5)20-9-6-8-19(31-20)17-13-12-16(26)14-18(17)27/h6-15H,1-5H3,(H2,28,29,30,32). The molecule has 166 valence electrons. The molecule has 5 nitrogen and oxygen atoms in total. The van der Waals surface area contributed by atoms with Crippen LogP contribution in [-0.4, -0.2) is 22.1 Å². The van der Waals surface area contributed by atoms with Crippen molar-refractivity contribution in [3.63, 3.8) is 0 Å². The third-order valence-electron chi connectivity index (χ3n) is 5.13. The Morgan fingerprint density at radius 3 is 2.22 bits per heavy atom. The van der Waals surface area contributed by atoms with Crippen molar-refractivity contribution in [2.45, 2.75) is 40.0 Å². The molecule has 0 amide bonds. The van der Waals surface area contributed by atoms with E-state index in [9.17, 15) is 8.78 Å². The van der Waals surface area contributed by atoms with Crippen molar-refractivity contribution in [3.8, 4) is 11.3 Å². The SMILES string of the molecule is CC(C)(C)C(N)=NC=Nc1cccc(C(C)(C)c2cccc(-c3ccc(F)cc3F)n2)n1. The lowest BCUT2D eigenvalue weighted by molar-refractivity contribution is 0.583. The van der Waals surface area contributed by atoms with Gasteiger partial charge in [0, 0.05) is 22.5 Å². The van der Waals surface area contributed by atoms with Gasteiger partial charge in [0.25, 0.3) is 0 Å². The minimum atomic E-state index is -0.656. The van der Waals surface area contributed by atoms with Gasteiger partial charge >= 0.3 is 0 Å². The molecule has 3 aromatic rings. The van der Waals surface area contributed by atoms with Gasteiger partial charge in [0.15, 0.2) is 5.82 Å². The fraction of sp³-hybridized carbons (Fsp3) is 0.280. The Hall–Kier alpha value is -3.48. The second-order valence-electron chi connectivity index (χ2n) is 9.05. The number of aromatic nitrogens is 2. The van der Waals surface area contributed by atoms with Gasteiger partial charge in [0.05, 0.1) is 17.1 Å². The highest BCUT2D eigenvalue weighted by atomic mass is 19.1. The van der Waals surface area contributed by atoms with Crippen molar-refractivity contribution >= 4 is 18.0 Å². The summed E-state index contributed by atoms with van der Waals surface area (Å²) in [5.41, 5.74) is 7.22. The molecule has 0 saturated heterocycles. The maximum absolute atomic E-state index is 14.3. The van der Waals surface area contributed by atoms with Crippen LogP contribution < -0.4 is 5.73 Å². The minimum Gasteiger partial charge on any atom is -0.387 e.